The molecular weight excluding hydrogens is 916 g/mol. The van der Waals surface area contributed by atoms with E-state index >= 15 is 0 Å². The molecule has 1 aromatic carbocycles. The van der Waals surface area contributed by atoms with Crippen LogP contribution in [0.15, 0.2) is 36.4 Å². The number of methoxy groups -OCH3 is 2. The minimum absolute atomic E-state index is 0.0189. The maximum atomic E-state index is 14.2. The van der Waals surface area contributed by atoms with Gasteiger partial charge < -0.3 is 54.4 Å². The zero-order valence-corrected chi connectivity index (χ0v) is 45.2. The van der Waals surface area contributed by atoms with Gasteiger partial charge in [-0.3, -0.25) is 24.0 Å². The molecule has 10 atom stereocenters. The first kappa shape index (κ1) is 66.1. The molecule has 2 aliphatic rings. The fourth-order valence-corrected chi connectivity index (χ4v) is 8.74. The minimum Gasteiger partial charge on any atom is -0.480 e. The number of nitrogens with one attached hydrogen (secondary N) is 2. The summed E-state index contributed by atoms with van der Waals surface area (Å²) >= 11 is 0. The summed E-state index contributed by atoms with van der Waals surface area (Å²) in [6.07, 6.45) is 10.3. The molecule has 4 amide bonds. The number of ether oxygens (including phenoxy) is 2. The number of carboxylic acid groups (broad SMARTS) is 1. The first-order chi connectivity index (χ1) is 33.6. The van der Waals surface area contributed by atoms with Gasteiger partial charge in [-0.25, -0.2) is 9.18 Å². The van der Waals surface area contributed by atoms with Crippen LogP contribution in [0.3, 0.4) is 0 Å². The van der Waals surface area contributed by atoms with Crippen molar-refractivity contribution in [1.29, 1.82) is 0 Å². The van der Waals surface area contributed by atoms with E-state index in [0.717, 1.165) is 51.1 Å². The molecule has 2 fully saturated rings. The topological polar surface area (TPSA) is 212 Å². The van der Waals surface area contributed by atoms with Crippen LogP contribution in [-0.2, 0) is 54.3 Å². The lowest BCUT2D eigenvalue weighted by atomic mass is 9.90. The van der Waals surface area contributed by atoms with E-state index < -0.39 is 35.8 Å². The number of benzene rings is 1. The van der Waals surface area contributed by atoms with E-state index in [9.17, 15) is 47.9 Å². The monoisotopic (exact) mass is 1000 g/mol. The number of piperidine rings is 1. The number of amides is 4. The van der Waals surface area contributed by atoms with E-state index in [1.165, 1.54) is 53.7 Å². The Hall–Kier alpha value is -4.91. The highest BCUT2D eigenvalue weighted by Gasteiger charge is 2.57. The first-order valence-electron chi connectivity index (χ1n) is 25.1. The van der Waals surface area contributed by atoms with Gasteiger partial charge in [0, 0.05) is 65.9 Å². The number of aliphatic carboxylic acids is 1. The van der Waals surface area contributed by atoms with Gasteiger partial charge in [0.1, 0.15) is 30.7 Å². The Morgan fingerprint density at radius 2 is 1.56 bits per heavy atom. The molecule has 0 radical (unpaired) electrons. The highest BCUT2D eigenvalue weighted by molar-refractivity contribution is 5.90. The number of rotatable bonds is 28. The van der Waals surface area contributed by atoms with Crippen molar-refractivity contribution < 1.29 is 57.3 Å². The van der Waals surface area contributed by atoms with Crippen LogP contribution >= 0.6 is 0 Å². The van der Waals surface area contributed by atoms with Gasteiger partial charge in [-0.1, -0.05) is 85.9 Å². The molecular formula is C53H89FN6O11. The number of allylic oxidation sites excluding steroid dienone is 1. The van der Waals surface area contributed by atoms with Crippen LogP contribution in [0, 0.1) is 29.5 Å². The molecule has 1 saturated heterocycles. The Kier molecular flexibility index (Phi) is 33.6. The maximum absolute atomic E-state index is 14.2. The van der Waals surface area contributed by atoms with E-state index in [1.54, 1.807) is 41.2 Å². The van der Waals surface area contributed by atoms with Gasteiger partial charge in [0.25, 0.3) is 0 Å². The number of likely N-dealkylation sites (N-methyl/N-ethyl adjacent to an activating group) is 4. The Labute approximate surface area is 424 Å². The zero-order valence-electron chi connectivity index (χ0n) is 45.2. The number of aldehydes is 3. The van der Waals surface area contributed by atoms with E-state index in [-0.39, 0.29) is 72.3 Å². The number of halogens is 1. The van der Waals surface area contributed by atoms with Gasteiger partial charge in [0.2, 0.25) is 23.6 Å². The number of fused-ring (bicyclic) bond motifs is 1. The predicted molar refractivity (Wildman–Crippen MR) is 274 cm³/mol. The lowest BCUT2D eigenvalue weighted by Crippen LogP contribution is -2.54. The molecule has 71 heavy (non-hydrogen) atoms. The molecule has 1 aliphatic carbocycles. The third-order valence-corrected chi connectivity index (χ3v) is 12.9. The second-order valence-electron chi connectivity index (χ2n) is 19.0. The molecule has 10 unspecified atom stereocenters. The van der Waals surface area contributed by atoms with Crippen molar-refractivity contribution in [1.82, 2.24) is 30.2 Å². The Bertz CT molecular complexity index is 1800. The molecule has 1 saturated carbocycles. The van der Waals surface area contributed by atoms with Crippen molar-refractivity contribution in [3.05, 3.63) is 47.8 Å². The van der Waals surface area contributed by atoms with Crippen LogP contribution in [0.1, 0.15) is 112 Å². The van der Waals surface area contributed by atoms with Crippen molar-refractivity contribution in [2.45, 2.75) is 155 Å². The molecule has 3 rings (SSSR count). The highest BCUT2D eigenvalue weighted by atomic mass is 19.1. The second-order valence-corrected chi connectivity index (χ2v) is 19.0. The maximum Gasteiger partial charge on any atom is 0.326 e. The number of carboxylic acids is 1. The fourth-order valence-electron chi connectivity index (χ4n) is 8.74. The third kappa shape index (κ3) is 23.0. The van der Waals surface area contributed by atoms with Crippen molar-refractivity contribution >= 4 is 48.5 Å². The summed E-state index contributed by atoms with van der Waals surface area (Å²) in [5, 5.41) is 14.9. The molecule has 0 aromatic heterocycles. The number of unbranched alkanes of at least 4 members (excludes halogenated alkanes) is 2. The van der Waals surface area contributed by atoms with E-state index in [1.807, 2.05) is 32.8 Å². The van der Waals surface area contributed by atoms with Gasteiger partial charge in [-0.05, 0) is 82.3 Å². The summed E-state index contributed by atoms with van der Waals surface area (Å²) in [5.74, 6) is -2.49. The number of carbonyl (C=O) groups excluding carboxylic acids is 7. The SMILES string of the molecule is CC(C)C(C=O)N(C)C(=O)CCCCCN(C)C(=O)/C=C\C=O.CCC.CCC(C)C(C(CC(=O)N1C2CC2CC1C(OC)C(C)C(=O)NC(Cc1ccccc1F)C(=O)O)OC)N(C)C.CNCC=O. The summed E-state index contributed by atoms with van der Waals surface area (Å²) in [4.78, 5) is 100. The van der Waals surface area contributed by atoms with Crippen molar-refractivity contribution in [3.8, 4) is 0 Å². The smallest absolute Gasteiger partial charge is 0.326 e. The molecule has 1 aromatic rings. The van der Waals surface area contributed by atoms with Crippen LogP contribution in [0.5, 0.6) is 0 Å². The molecule has 3 N–H and O–H groups in total. The predicted octanol–water partition coefficient (Wildman–Crippen LogP) is 5.22. The normalized spacial score (nSPS) is 18.5. The van der Waals surface area contributed by atoms with Gasteiger partial charge in [0.05, 0.1) is 43.2 Å². The molecule has 0 spiro atoms. The Balaban J connectivity index is 0.00000133. The average Bonchev–Trinajstić information content (AvgIpc) is 3.99. The summed E-state index contributed by atoms with van der Waals surface area (Å²) in [6, 6.07) is 4.11. The largest absolute Gasteiger partial charge is 0.480 e. The Morgan fingerprint density at radius 1 is 0.930 bits per heavy atom. The molecule has 0 bridgehead atoms. The van der Waals surface area contributed by atoms with Gasteiger partial charge >= 0.3 is 5.97 Å². The van der Waals surface area contributed by atoms with Crippen molar-refractivity contribution in [2.75, 3.05) is 62.5 Å². The number of hydrogen-bond acceptors (Lipinski definition) is 12. The first-order valence-corrected chi connectivity index (χ1v) is 25.1. The third-order valence-electron chi connectivity index (χ3n) is 12.9. The average molecular weight is 1010 g/mol. The van der Waals surface area contributed by atoms with E-state index in [2.05, 4.69) is 43.2 Å². The summed E-state index contributed by atoms with van der Waals surface area (Å²) in [7, 11) is 12.2. The van der Waals surface area contributed by atoms with Crippen molar-refractivity contribution in [3.63, 3.8) is 0 Å². The van der Waals surface area contributed by atoms with Crippen LogP contribution in [0.25, 0.3) is 0 Å². The van der Waals surface area contributed by atoms with Crippen molar-refractivity contribution in [2.24, 2.45) is 23.7 Å². The lowest BCUT2D eigenvalue weighted by Gasteiger charge is -2.39. The van der Waals surface area contributed by atoms with E-state index in [0.29, 0.717) is 37.6 Å². The highest BCUT2D eigenvalue weighted by Crippen LogP contribution is 2.50. The van der Waals surface area contributed by atoms with Crippen LogP contribution in [0.4, 0.5) is 4.39 Å². The standard InChI is InChI=1S/C30H46FN3O6.C17H28N2O4.C3H7NO.C3H8/c1-8-17(2)27(33(4)5)25(39-6)16-26(35)34-23-14-20(23)15-24(34)28(40-7)18(3)29(36)32-22(30(37)38)13-19-11-9-10-12-21(19)31;1-14(2)15(13-21)19(4)17(23)9-6-5-7-11-18(3)16(22)10-8-12-20;1-4-2-3-5;1-3-2/h9-12,17-18,20,22-25,27-28H,8,13-16H2,1-7H3,(H,32,36)(H,37,38);8,10,12-15H,5-7,9,11H2,1-4H3;3-4H,2H2,1H3;3H2,1-2H3/b;10-8-;;. The molecule has 1 heterocycles. The Morgan fingerprint density at radius 3 is 2.04 bits per heavy atom. The van der Waals surface area contributed by atoms with Gasteiger partial charge in [-0.15, -0.1) is 0 Å². The zero-order chi connectivity index (χ0) is 54.4. The van der Waals surface area contributed by atoms with Crippen LogP contribution < -0.4 is 10.6 Å². The number of hydrogen-bond donors (Lipinski definition) is 3. The quantitative estimate of drug-likeness (QED) is 0.0559. The summed E-state index contributed by atoms with van der Waals surface area (Å²) < 4.78 is 25.8. The van der Waals surface area contributed by atoms with Crippen LogP contribution in [-0.4, -0.2) is 178 Å². The lowest BCUT2D eigenvalue weighted by molar-refractivity contribution is -0.146. The molecule has 404 valence electrons. The number of nitrogens with zero attached hydrogens (tertiary/aromatic N) is 4. The van der Waals surface area contributed by atoms with Gasteiger partial charge in [-0.2, -0.15) is 0 Å². The van der Waals surface area contributed by atoms with Gasteiger partial charge in [0.15, 0.2) is 0 Å². The minimum atomic E-state index is -1.30. The molecule has 1 aliphatic heterocycles. The second kappa shape index (κ2) is 36.1. The van der Waals surface area contributed by atoms with E-state index in [4.69, 9.17) is 9.47 Å². The molecule has 18 heteroatoms. The van der Waals surface area contributed by atoms with Crippen LogP contribution in [0.2, 0.25) is 0 Å². The summed E-state index contributed by atoms with van der Waals surface area (Å²) in [6.45, 7) is 15.1. The summed E-state index contributed by atoms with van der Waals surface area (Å²) in [5.41, 5.74) is 0.208. The fraction of sp³-hybridized carbons (Fsp3) is 0.698. The number of carbonyl (C=O) groups is 8. The molecule has 17 nitrogen and oxygen atoms in total. The number of likely N-dealkylation sites (tertiary alicyclic amines) is 1.